The Bertz CT molecular complexity index is 2390. The molecule has 1 aliphatic rings. The second-order valence-electron chi connectivity index (χ2n) is 20.0. The summed E-state index contributed by atoms with van der Waals surface area (Å²) >= 11 is 2.16. The Morgan fingerprint density at radius 3 is 1.81 bits per heavy atom. The number of amides is 1. The number of nitrogens with zero attached hydrogens (tertiary/aromatic N) is 2. The second kappa shape index (κ2) is 21.5. The van der Waals surface area contributed by atoms with Crippen molar-refractivity contribution in [3.8, 4) is 5.75 Å². The molecule has 16 heteroatoms. The number of benzene rings is 4. The summed E-state index contributed by atoms with van der Waals surface area (Å²) in [5, 5.41) is 11.7. The monoisotopic (exact) mass is 984 g/mol. The molecule has 1 amide bonds. The predicted molar refractivity (Wildman–Crippen MR) is 272 cm³/mol. The lowest BCUT2D eigenvalue weighted by Gasteiger charge is -2.47. The molecule has 12 nitrogen and oxygen atoms in total. The summed E-state index contributed by atoms with van der Waals surface area (Å²) < 4.78 is 25.6. The molecule has 0 bridgehead atoms. The lowest BCUT2D eigenvalue weighted by atomic mass is 9.94. The van der Waals surface area contributed by atoms with Crippen molar-refractivity contribution in [2.45, 2.75) is 111 Å². The molecule has 4 aromatic carbocycles. The zero-order chi connectivity index (χ0) is 49.5. The number of thioether (sulfide) groups is 2. The van der Waals surface area contributed by atoms with Crippen LogP contribution < -0.4 is 15.1 Å². The average Bonchev–Trinajstić information content (AvgIpc) is 3.27. The molecule has 67 heavy (non-hydrogen) atoms. The van der Waals surface area contributed by atoms with E-state index in [9.17, 15) is 29.3 Å². The van der Waals surface area contributed by atoms with Gasteiger partial charge < -0.3 is 18.3 Å². The number of hydrogen-bond donors (Lipinski definition) is 0. The zero-order valence-electron chi connectivity index (χ0n) is 40.7. The topological polar surface area (TPSA) is 152 Å². The fourth-order valence-corrected chi connectivity index (χ4v) is 14.7. The van der Waals surface area contributed by atoms with Crippen LogP contribution in [0.5, 0.6) is 5.75 Å². The SMILES string of the molecule is CCS[C@@H]1[C@H](CCO[Si](C)(C)C(C)(C)C)C(=O)N1C(C(=O)OCc1ccc([N+](=O)[O-])cc1)=C(Oc1ccc(C(=O)O[Si](c2ccccc2)(c2ccccc2)C(C)(C)C)cc1)SC(=O)C(C)(C)C. The molecule has 5 rings (SSSR count). The molecule has 2 atom stereocenters. The van der Waals surface area contributed by atoms with Crippen LogP contribution in [-0.2, 0) is 34.6 Å². The largest absolute Gasteiger partial charge is 0.506 e. The Balaban J connectivity index is 1.55. The van der Waals surface area contributed by atoms with E-state index in [1.54, 1.807) is 45.0 Å². The summed E-state index contributed by atoms with van der Waals surface area (Å²) in [4.78, 5) is 69.4. The third-order valence-corrected chi connectivity index (χ3v) is 24.0. The van der Waals surface area contributed by atoms with Gasteiger partial charge in [0.05, 0.1) is 21.8 Å². The van der Waals surface area contributed by atoms with Crippen molar-refractivity contribution in [1.29, 1.82) is 0 Å². The number of carbonyl (C=O) groups excluding carboxylic acids is 4. The van der Waals surface area contributed by atoms with E-state index in [2.05, 4.69) is 54.6 Å². The zero-order valence-corrected chi connectivity index (χ0v) is 44.3. The Hall–Kier alpha value is -5.01. The molecule has 1 aliphatic heterocycles. The molecule has 4 aromatic rings. The van der Waals surface area contributed by atoms with Gasteiger partial charge in [0.25, 0.3) is 5.69 Å². The van der Waals surface area contributed by atoms with E-state index < -0.39 is 55.2 Å². The quantitative estimate of drug-likeness (QED) is 0.0177. The molecule has 1 saturated heterocycles. The third-order valence-electron chi connectivity index (χ3n) is 12.1. The number of likely N-dealkylation sites (tertiary alicyclic amines) is 1. The lowest BCUT2D eigenvalue weighted by Crippen LogP contribution is -2.67. The Labute approximate surface area is 406 Å². The van der Waals surface area contributed by atoms with E-state index in [1.165, 1.54) is 40.9 Å². The number of nitro benzene ring substituents is 1. The van der Waals surface area contributed by atoms with Crippen LogP contribution >= 0.6 is 23.5 Å². The molecule has 0 unspecified atom stereocenters. The highest BCUT2D eigenvalue weighted by molar-refractivity contribution is 8.16. The second-order valence-corrected chi connectivity index (χ2v) is 31.4. The van der Waals surface area contributed by atoms with Crippen molar-refractivity contribution in [2.24, 2.45) is 11.3 Å². The number of nitro groups is 1. The first-order chi connectivity index (χ1) is 31.3. The number of β-lactam (4-membered cyclic amide) rings is 1. The van der Waals surface area contributed by atoms with Gasteiger partial charge in [-0.25, -0.2) is 9.59 Å². The average molecular weight is 985 g/mol. The number of carbonyl (C=O) groups is 4. The maximum Gasteiger partial charge on any atom is 0.359 e. The van der Waals surface area contributed by atoms with E-state index in [1.807, 2.05) is 67.6 Å². The van der Waals surface area contributed by atoms with Gasteiger partial charge in [0.15, 0.2) is 19.1 Å². The van der Waals surface area contributed by atoms with E-state index in [0.29, 0.717) is 36.1 Å². The van der Waals surface area contributed by atoms with Gasteiger partial charge in [-0.05, 0) is 99.4 Å². The summed E-state index contributed by atoms with van der Waals surface area (Å²) in [6, 6.07) is 31.5. The number of non-ortho nitro benzene ring substituents is 1. The molecule has 0 saturated carbocycles. The molecule has 358 valence electrons. The highest BCUT2D eigenvalue weighted by Gasteiger charge is 2.54. The summed E-state index contributed by atoms with van der Waals surface area (Å²) in [6.45, 7) is 24.3. The number of hydrogen-bond acceptors (Lipinski definition) is 12. The Kier molecular flexibility index (Phi) is 17.0. The maximum atomic E-state index is 14.6. The van der Waals surface area contributed by atoms with Gasteiger partial charge >= 0.3 is 20.3 Å². The van der Waals surface area contributed by atoms with Crippen LogP contribution in [0, 0.1) is 21.4 Å². The molecule has 0 aromatic heterocycles. The van der Waals surface area contributed by atoms with Gasteiger partial charge in [-0.15, -0.1) is 11.8 Å². The van der Waals surface area contributed by atoms with Crippen LogP contribution in [0.25, 0.3) is 0 Å². The lowest BCUT2D eigenvalue weighted by molar-refractivity contribution is -0.384. The molecule has 1 fully saturated rings. The molecule has 0 aliphatic carbocycles. The summed E-state index contributed by atoms with van der Waals surface area (Å²) in [7, 11) is -5.39. The standard InChI is InChI=1S/C51H64N2O10S2Si2/c1-13-64-44-41(32-33-61-66(11,12)50(5,6)7)43(54)52(44)42(46(56)60-34-35-24-28-37(29-25-35)53(58)59)47(65-48(57)49(2,3)4)62-38-30-26-36(27-31-38)45(55)63-67(51(8,9)10,39-20-16-14-17-21-39)40-22-18-15-19-23-40/h14-31,41,44H,13,32-34H2,1-12H3/t41-,44-/m1/s1. The first-order valence-electron chi connectivity index (χ1n) is 22.4. The van der Waals surface area contributed by atoms with Crippen LogP contribution in [0.2, 0.25) is 23.2 Å². The van der Waals surface area contributed by atoms with Crippen LogP contribution in [0.3, 0.4) is 0 Å². The van der Waals surface area contributed by atoms with Gasteiger partial charge in [-0.3, -0.25) is 24.6 Å². The third kappa shape index (κ3) is 12.4. The van der Waals surface area contributed by atoms with Gasteiger partial charge in [-0.2, -0.15) is 0 Å². The number of ether oxygens (including phenoxy) is 2. The van der Waals surface area contributed by atoms with E-state index >= 15 is 0 Å². The van der Waals surface area contributed by atoms with Crippen LogP contribution in [0.1, 0.15) is 91.6 Å². The van der Waals surface area contributed by atoms with Crippen LogP contribution in [0.4, 0.5) is 5.69 Å². The van der Waals surface area contributed by atoms with Crippen molar-refractivity contribution >= 4 is 79.2 Å². The first kappa shape index (κ1) is 53.0. The van der Waals surface area contributed by atoms with Gasteiger partial charge in [0.1, 0.15) is 12.4 Å². The van der Waals surface area contributed by atoms with Crippen LogP contribution in [0.15, 0.2) is 120 Å². The van der Waals surface area contributed by atoms with Gasteiger partial charge in [0, 0.05) is 24.2 Å². The molecule has 1 heterocycles. The summed E-state index contributed by atoms with van der Waals surface area (Å²) in [5.41, 5.74) is -0.555. The van der Waals surface area contributed by atoms with E-state index in [0.717, 1.165) is 10.4 Å². The van der Waals surface area contributed by atoms with E-state index in [4.69, 9.17) is 18.3 Å². The maximum absolute atomic E-state index is 14.6. The van der Waals surface area contributed by atoms with Crippen molar-refractivity contribution in [1.82, 2.24) is 4.90 Å². The molecule has 0 radical (unpaired) electrons. The normalized spacial score (nSPS) is 16.1. The van der Waals surface area contributed by atoms with E-state index in [-0.39, 0.29) is 50.5 Å². The minimum atomic E-state index is -3.26. The van der Waals surface area contributed by atoms with Crippen molar-refractivity contribution in [3.05, 3.63) is 141 Å². The number of esters is 1. The fourth-order valence-electron chi connectivity index (χ4n) is 7.23. The predicted octanol–water partition coefficient (Wildman–Crippen LogP) is 10.9. The van der Waals surface area contributed by atoms with Gasteiger partial charge in [0.2, 0.25) is 11.0 Å². The fraction of sp³-hybridized carbons (Fsp3) is 0.412. The highest BCUT2D eigenvalue weighted by atomic mass is 32.2. The Morgan fingerprint density at radius 1 is 0.776 bits per heavy atom. The summed E-state index contributed by atoms with van der Waals surface area (Å²) in [6.07, 6.45) is 0.417. The minimum absolute atomic E-state index is 0.0335. The first-order valence-corrected chi connectivity index (χ1v) is 29.1. The number of rotatable bonds is 18. The molecule has 0 N–H and O–H groups in total. The van der Waals surface area contributed by atoms with Crippen LogP contribution in [-0.4, -0.2) is 67.2 Å². The van der Waals surface area contributed by atoms with Crippen molar-refractivity contribution < 1.29 is 42.4 Å². The van der Waals surface area contributed by atoms with Gasteiger partial charge in [-0.1, -0.05) is 130 Å². The van der Waals surface area contributed by atoms with Crippen molar-refractivity contribution in [2.75, 3.05) is 12.4 Å². The highest BCUT2D eigenvalue weighted by Crippen LogP contribution is 2.45. The molecular weight excluding hydrogens is 921 g/mol. The summed E-state index contributed by atoms with van der Waals surface area (Å²) in [5.74, 6) is -1.53. The molecule has 0 spiro atoms. The minimum Gasteiger partial charge on any atom is -0.506 e. The Morgan fingerprint density at radius 2 is 1.33 bits per heavy atom. The molecular formula is C51H64N2O10S2Si2. The smallest absolute Gasteiger partial charge is 0.359 e. The van der Waals surface area contributed by atoms with Crippen molar-refractivity contribution in [3.63, 3.8) is 0 Å².